The lowest BCUT2D eigenvalue weighted by Gasteiger charge is -2.02. The lowest BCUT2D eigenvalue weighted by atomic mass is 10.0. The van der Waals surface area contributed by atoms with Crippen molar-refractivity contribution in [3.05, 3.63) is 42.1 Å². The van der Waals surface area contributed by atoms with Crippen molar-refractivity contribution in [1.29, 1.82) is 0 Å². The summed E-state index contributed by atoms with van der Waals surface area (Å²) in [6.07, 6.45) is 9.33. The molecule has 0 unspecified atom stereocenters. The van der Waals surface area contributed by atoms with Crippen LogP contribution in [0.25, 0.3) is 10.9 Å². The molecule has 0 N–H and O–H groups in total. The van der Waals surface area contributed by atoms with Crippen LogP contribution in [0.4, 0.5) is 0 Å². The Morgan fingerprint density at radius 2 is 2.06 bits per heavy atom. The molecule has 0 aliphatic carbocycles. The van der Waals surface area contributed by atoms with Gasteiger partial charge in [0.25, 0.3) is 0 Å². The summed E-state index contributed by atoms with van der Waals surface area (Å²) in [4.78, 5) is 4.26. The Kier molecular flexibility index (Phi) is 3.92. The number of hydrogen-bond donors (Lipinski definition) is 0. The first-order valence-electron chi connectivity index (χ1n) is 6.16. The van der Waals surface area contributed by atoms with Gasteiger partial charge in [-0.1, -0.05) is 44.4 Å². The minimum atomic E-state index is 1.07. The fourth-order valence-electron chi connectivity index (χ4n) is 1.97. The van der Waals surface area contributed by atoms with Crippen molar-refractivity contribution in [3.63, 3.8) is 0 Å². The maximum absolute atomic E-state index is 4.26. The normalized spacial score (nSPS) is 10.8. The van der Waals surface area contributed by atoms with Crippen LogP contribution in [-0.4, -0.2) is 4.98 Å². The van der Waals surface area contributed by atoms with Gasteiger partial charge in [-0.25, -0.2) is 4.98 Å². The van der Waals surface area contributed by atoms with Crippen LogP contribution in [0.15, 0.2) is 30.3 Å². The van der Waals surface area contributed by atoms with Crippen LogP contribution >= 0.6 is 0 Å². The Labute approximate surface area is 97.5 Å². The molecule has 1 aromatic heterocycles. The van der Waals surface area contributed by atoms with Crippen molar-refractivity contribution in [2.45, 2.75) is 39.0 Å². The second-order valence-corrected chi connectivity index (χ2v) is 4.28. The molecule has 1 heteroatoms. The van der Waals surface area contributed by atoms with Gasteiger partial charge in [0.05, 0.1) is 11.7 Å². The number of aromatic nitrogens is 1. The summed E-state index contributed by atoms with van der Waals surface area (Å²) in [5.41, 5.74) is 2.46. The van der Waals surface area contributed by atoms with Gasteiger partial charge in [0.15, 0.2) is 0 Å². The number of benzene rings is 1. The van der Waals surface area contributed by atoms with Crippen molar-refractivity contribution in [1.82, 2.24) is 4.98 Å². The van der Waals surface area contributed by atoms with Crippen molar-refractivity contribution in [2.24, 2.45) is 0 Å². The largest absolute Gasteiger partial charge is 0.246 e. The zero-order chi connectivity index (χ0) is 11.2. The van der Waals surface area contributed by atoms with Gasteiger partial charge in [-0.3, -0.25) is 0 Å². The van der Waals surface area contributed by atoms with Gasteiger partial charge >= 0.3 is 0 Å². The van der Waals surface area contributed by atoms with E-state index in [1.807, 2.05) is 6.07 Å². The van der Waals surface area contributed by atoms with Gasteiger partial charge in [0.2, 0.25) is 0 Å². The Hall–Kier alpha value is -1.37. The molecular formula is C15H18N. The highest BCUT2D eigenvalue weighted by Crippen LogP contribution is 2.15. The van der Waals surface area contributed by atoms with Crippen LogP contribution in [0.3, 0.4) is 0 Å². The Morgan fingerprint density at radius 1 is 1.12 bits per heavy atom. The first kappa shape index (κ1) is 11.1. The highest BCUT2D eigenvalue weighted by atomic mass is 14.6. The van der Waals surface area contributed by atoms with Crippen LogP contribution in [-0.2, 0) is 6.42 Å². The van der Waals surface area contributed by atoms with E-state index in [0.29, 0.717) is 0 Å². The number of pyridine rings is 1. The molecule has 1 radical (unpaired) electrons. The summed E-state index contributed by atoms with van der Waals surface area (Å²) in [6, 6.07) is 10.5. The van der Waals surface area contributed by atoms with Crippen molar-refractivity contribution < 1.29 is 0 Å². The lowest BCUT2D eigenvalue weighted by Crippen LogP contribution is -1.87. The number of hydrogen-bond acceptors (Lipinski definition) is 1. The average Bonchev–Trinajstić information content (AvgIpc) is 2.34. The highest BCUT2D eigenvalue weighted by Gasteiger charge is 1.97. The van der Waals surface area contributed by atoms with E-state index in [1.165, 1.54) is 43.1 Å². The second kappa shape index (κ2) is 5.64. The lowest BCUT2D eigenvalue weighted by molar-refractivity contribution is 0.667. The third-order valence-electron chi connectivity index (χ3n) is 2.94. The van der Waals surface area contributed by atoms with Gasteiger partial charge in [-0.2, -0.15) is 0 Å². The van der Waals surface area contributed by atoms with Crippen LogP contribution in [0.5, 0.6) is 0 Å². The zero-order valence-electron chi connectivity index (χ0n) is 9.87. The van der Waals surface area contributed by atoms with E-state index in [4.69, 9.17) is 0 Å². The summed E-state index contributed by atoms with van der Waals surface area (Å²) in [5, 5.41) is 1.20. The predicted octanol–water partition coefficient (Wildman–Crippen LogP) is 4.16. The molecule has 1 aromatic carbocycles. The minimum absolute atomic E-state index is 1.07. The van der Waals surface area contributed by atoms with Gasteiger partial charge in [-0.15, -0.1) is 0 Å². The standard InChI is InChI=1S/C15H18N/c1-2-3-4-5-7-13-9-10-14-8-6-11-16-15(14)12-13/h6,8-10,12H,2-5,7H2,1H3. The van der Waals surface area contributed by atoms with Crippen LogP contribution in [0.1, 0.15) is 38.2 Å². The van der Waals surface area contributed by atoms with E-state index >= 15 is 0 Å². The molecule has 0 spiro atoms. The molecule has 0 fully saturated rings. The molecule has 0 amide bonds. The van der Waals surface area contributed by atoms with Crippen LogP contribution in [0, 0.1) is 6.20 Å². The maximum atomic E-state index is 4.26. The van der Waals surface area contributed by atoms with E-state index in [1.54, 1.807) is 0 Å². The van der Waals surface area contributed by atoms with E-state index in [-0.39, 0.29) is 0 Å². The molecule has 2 rings (SSSR count). The fraction of sp³-hybridized carbons (Fsp3) is 0.400. The maximum Gasteiger partial charge on any atom is 0.0894 e. The number of rotatable bonds is 5. The Bertz CT molecular complexity index is 448. The molecule has 0 saturated heterocycles. The minimum Gasteiger partial charge on any atom is -0.246 e. The molecule has 0 saturated carbocycles. The first-order chi connectivity index (χ1) is 7.90. The smallest absolute Gasteiger partial charge is 0.0894 e. The van der Waals surface area contributed by atoms with Crippen molar-refractivity contribution in [3.8, 4) is 0 Å². The molecular weight excluding hydrogens is 194 g/mol. The van der Waals surface area contributed by atoms with Crippen molar-refractivity contribution in [2.75, 3.05) is 0 Å². The van der Waals surface area contributed by atoms with Crippen LogP contribution in [0.2, 0.25) is 0 Å². The molecule has 83 valence electrons. The van der Waals surface area contributed by atoms with E-state index < -0.39 is 0 Å². The number of nitrogens with zero attached hydrogens (tertiary/aromatic N) is 1. The fourth-order valence-corrected chi connectivity index (χ4v) is 1.97. The Balaban J connectivity index is 2.02. The van der Waals surface area contributed by atoms with Crippen molar-refractivity contribution >= 4 is 10.9 Å². The quantitative estimate of drug-likeness (QED) is 0.678. The second-order valence-electron chi connectivity index (χ2n) is 4.28. The summed E-state index contributed by atoms with van der Waals surface area (Å²) in [5.74, 6) is 0. The average molecular weight is 212 g/mol. The molecule has 2 aromatic rings. The molecule has 0 aliphatic rings. The van der Waals surface area contributed by atoms with E-state index in [0.717, 1.165) is 5.52 Å². The monoisotopic (exact) mass is 212 g/mol. The molecule has 0 aliphatic heterocycles. The number of fused-ring (bicyclic) bond motifs is 1. The van der Waals surface area contributed by atoms with Crippen LogP contribution < -0.4 is 0 Å². The Morgan fingerprint density at radius 3 is 2.94 bits per heavy atom. The summed E-state index contributed by atoms with van der Waals surface area (Å²) >= 11 is 0. The number of unbranched alkanes of at least 4 members (excludes halogenated alkanes) is 3. The molecule has 1 nitrogen and oxygen atoms in total. The molecule has 0 atom stereocenters. The first-order valence-corrected chi connectivity index (χ1v) is 6.16. The summed E-state index contributed by atoms with van der Waals surface area (Å²) in [6.45, 7) is 2.25. The highest BCUT2D eigenvalue weighted by molar-refractivity contribution is 5.78. The molecule has 16 heavy (non-hydrogen) atoms. The van der Waals surface area contributed by atoms with Gasteiger partial charge in [0, 0.05) is 5.39 Å². The molecule has 0 bridgehead atoms. The van der Waals surface area contributed by atoms with Gasteiger partial charge < -0.3 is 0 Å². The third-order valence-corrected chi connectivity index (χ3v) is 2.94. The molecule has 1 heterocycles. The summed E-state index contributed by atoms with van der Waals surface area (Å²) < 4.78 is 0. The SMILES string of the molecule is CCCCCCc1ccc2cc[c]nc2c1. The topological polar surface area (TPSA) is 12.9 Å². The number of aryl methyl sites for hydroxylation is 1. The predicted molar refractivity (Wildman–Crippen MR) is 68.4 cm³/mol. The van der Waals surface area contributed by atoms with E-state index in [9.17, 15) is 0 Å². The van der Waals surface area contributed by atoms with E-state index in [2.05, 4.69) is 42.4 Å². The van der Waals surface area contributed by atoms with Gasteiger partial charge in [-0.05, 0) is 30.5 Å². The third kappa shape index (κ3) is 2.82. The summed E-state index contributed by atoms with van der Waals surface area (Å²) in [7, 11) is 0. The zero-order valence-corrected chi connectivity index (χ0v) is 9.87. The van der Waals surface area contributed by atoms with Gasteiger partial charge in [0.1, 0.15) is 0 Å².